The summed E-state index contributed by atoms with van der Waals surface area (Å²) in [5.74, 6) is 0.114. The van der Waals surface area contributed by atoms with Crippen molar-refractivity contribution in [3.05, 3.63) is 54.6 Å². The standard InChI is InChI=1S/C19H22N2O2/c1-15-14-21(11-12-23-15)19(22)13-20-18-10-6-5-9-17(18)16-7-3-2-4-8-16/h2-10,15,20H,11-14H2,1H3/t15-/m1/s1. The summed E-state index contributed by atoms with van der Waals surface area (Å²) in [5.41, 5.74) is 3.23. The lowest BCUT2D eigenvalue weighted by Crippen LogP contribution is -2.46. The molecule has 0 aromatic heterocycles. The maximum Gasteiger partial charge on any atom is 0.242 e. The van der Waals surface area contributed by atoms with Gasteiger partial charge in [0.25, 0.3) is 0 Å². The Morgan fingerprint density at radius 2 is 1.91 bits per heavy atom. The van der Waals surface area contributed by atoms with Gasteiger partial charge in [0.1, 0.15) is 0 Å². The summed E-state index contributed by atoms with van der Waals surface area (Å²) in [6, 6.07) is 18.3. The second-order valence-electron chi connectivity index (χ2n) is 5.79. The maximum atomic E-state index is 12.4. The Balaban J connectivity index is 1.68. The van der Waals surface area contributed by atoms with E-state index in [-0.39, 0.29) is 12.0 Å². The summed E-state index contributed by atoms with van der Waals surface area (Å²) < 4.78 is 5.48. The highest BCUT2D eigenvalue weighted by Crippen LogP contribution is 2.27. The highest BCUT2D eigenvalue weighted by Gasteiger charge is 2.21. The fourth-order valence-electron chi connectivity index (χ4n) is 2.83. The van der Waals surface area contributed by atoms with E-state index in [2.05, 4.69) is 23.5 Å². The molecular formula is C19H22N2O2. The van der Waals surface area contributed by atoms with Gasteiger partial charge in [-0.05, 0) is 18.6 Å². The van der Waals surface area contributed by atoms with E-state index < -0.39 is 0 Å². The quantitative estimate of drug-likeness (QED) is 0.944. The molecule has 1 amide bonds. The van der Waals surface area contributed by atoms with Crippen LogP contribution in [0.25, 0.3) is 11.1 Å². The van der Waals surface area contributed by atoms with Gasteiger partial charge in [-0.25, -0.2) is 0 Å². The van der Waals surface area contributed by atoms with Crippen molar-refractivity contribution in [3.8, 4) is 11.1 Å². The zero-order valence-corrected chi connectivity index (χ0v) is 13.4. The van der Waals surface area contributed by atoms with E-state index in [0.717, 1.165) is 16.8 Å². The average Bonchev–Trinajstić information content (AvgIpc) is 2.60. The Kier molecular flexibility index (Phi) is 4.93. The van der Waals surface area contributed by atoms with Crippen LogP contribution in [0, 0.1) is 0 Å². The van der Waals surface area contributed by atoms with Crippen molar-refractivity contribution in [2.24, 2.45) is 0 Å². The van der Waals surface area contributed by atoms with Gasteiger partial charge in [0.2, 0.25) is 5.91 Å². The van der Waals surface area contributed by atoms with Crippen LogP contribution in [-0.2, 0) is 9.53 Å². The van der Waals surface area contributed by atoms with Crippen molar-refractivity contribution in [3.63, 3.8) is 0 Å². The molecule has 1 aliphatic heterocycles. The minimum atomic E-state index is 0.114. The first kappa shape index (κ1) is 15.6. The third-order valence-electron chi connectivity index (χ3n) is 4.04. The summed E-state index contributed by atoms with van der Waals surface area (Å²) in [5, 5.41) is 3.29. The minimum Gasteiger partial charge on any atom is -0.376 e. The van der Waals surface area contributed by atoms with Crippen LogP contribution in [0.15, 0.2) is 54.6 Å². The van der Waals surface area contributed by atoms with Gasteiger partial charge in [0.05, 0.1) is 19.3 Å². The normalized spacial score (nSPS) is 17.8. The number of hydrogen-bond acceptors (Lipinski definition) is 3. The van der Waals surface area contributed by atoms with Crippen LogP contribution in [-0.4, -0.2) is 43.2 Å². The number of hydrogen-bond donors (Lipinski definition) is 1. The molecule has 4 nitrogen and oxygen atoms in total. The number of rotatable bonds is 4. The molecule has 0 spiro atoms. The Bertz CT molecular complexity index is 657. The van der Waals surface area contributed by atoms with Gasteiger partial charge in [0.15, 0.2) is 0 Å². The van der Waals surface area contributed by atoms with Gasteiger partial charge in [-0.2, -0.15) is 0 Å². The Morgan fingerprint density at radius 1 is 1.17 bits per heavy atom. The first-order chi connectivity index (χ1) is 11.2. The lowest BCUT2D eigenvalue weighted by atomic mass is 10.0. The van der Waals surface area contributed by atoms with Gasteiger partial charge in [0, 0.05) is 24.3 Å². The summed E-state index contributed by atoms with van der Waals surface area (Å²) in [6.45, 7) is 4.26. The summed E-state index contributed by atoms with van der Waals surface area (Å²) in [4.78, 5) is 14.2. The van der Waals surface area contributed by atoms with E-state index in [4.69, 9.17) is 4.74 Å². The smallest absolute Gasteiger partial charge is 0.242 e. The first-order valence-electron chi connectivity index (χ1n) is 8.02. The number of morpholine rings is 1. The van der Waals surface area contributed by atoms with E-state index in [0.29, 0.717) is 26.2 Å². The molecule has 2 aromatic rings. The molecule has 1 aliphatic rings. The third-order valence-corrected chi connectivity index (χ3v) is 4.04. The second kappa shape index (κ2) is 7.29. The van der Waals surface area contributed by atoms with Gasteiger partial charge >= 0.3 is 0 Å². The van der Waals surface area contributed by atoms with Crippen molar-refractivity contribution in [1.29, 1.82) is 0 Å². The van der Waals surface area contributed by atoms with Gasteiger partial charge in [-0.1, -0.05) is 48.5 Å². The van der Waals surface area contributed by atoms with Crippen molar-refractivity contribution < 1.29 is 9.53 Å². The number of nitrogens with zero attached hydrogens (tertiary/aromatic N) is 1. The van der Waals surface area contributed by atoms with E-state index in [1.165, 1.54) is 0 Å². The highest BCUT2D eigenvalue weighted by atomic mass is 16.5. The Morgan fingerprint density at radius 3 is 2.70 bits per heavy atom. The summed E-state index contributed by atoms with van der Waals surface area (Å²) in [7, 11) is 0. The largest absolute Gasteiger partial charge is 0.376 e. The lowest BCUT2D eigenvalue weighted by Gasteiger charge is -2.31. The Hall–Kier alpha value is -2.33. The minimum absolute atomic E-state index is 0.114. The number of benzene rings is 2. The van der Waals surface area contributed by atoms with Crippen molar-refractivity contribution in [2.75, 3.05) is 31.6 Å². The number of carbonyl (C=O) groups excluding carboxylic acids is 1. The molecular weight excluding hydrogens is 288 g/mol. The van der Waals surface area contributed by atoms with Crippen molar-refractivity contribution in [2.45, 2.75) is 13.0 Å². The SMILES string of the molecule is C[C@@H]1CN(C(=O)CNc2ccccc2-c2ccccc2)CCO1. The third kappa shape index (κ3) is 3.90. The highest BCUT2D eigenvalue weighted by molar-refractivity contribution is 5.84. The topological polar surface area (TPSA) is 41.6 Å². The van der Waals surface area contributed by atoms with Crippen LogP contribution in [0.5, 0.6) is 0 Å². The van der Waals surface area contributed by atoms with Crippen LogP contribution in [0.2, 0.25) is 0 Å². The predicted molar refractivity (Wildman–Crippen MR) is 92.4 cm³/mol. The van der Waals surface area contributed by atoms with Crippen LogP contribution < -0.4 is 5.32 Å². The molecule has 0 aliphatic carbocycles. The molecule has 1 N–H and O–H groups in total. The van der Waals surface area contributed by atoms with Gasteiger partial charge < -0.3 is 15.0 Å². The maximum absolute atomic E-state index is 12.4. The number of amides is 1. The number of carbonyl (C=O) groups is 1. The molecule has 1 saturated heterocycles. The molecule has 0 saturated carbocycles. The zero-order chi connectivity index (χ0) is 16.1. The molecule has 120 valence electrons. The van der Waals surface area contributed by atoms with E-state index in [1.54, 1.807) is 0 Å². The van der Waals surface area contributed by atoms with Crippen LogP contribution in [0.4, 0.5) is 5.69 Å². The number of para-hydroxylation sites is 1. The first-order valence-corrected chi connectivity index (χ1v) is 8.02. The van der Waals surface area contributed by atoms with Crippen LogP contribution in [0.3, 0.4) is 0 Å². The molecule has 0 unspecified atom stereocenters. The molecule has 1 atom stereocenters. The van der Waals surface area contributed by atoms with E-state index in [9.17, 15) is 4.79 Å². The lowest BCUT2D eigenvalue weighted by molar-refractivity contribution is -0.136. The molecule has 23 heavy (non-hydrogen) atoms. The molecule has 2 aromatic carbocycles. The second-order valence-corrected chi connectivity index (χ2v) is 5.79. The van der Waals surface area contributed by atoms with Crippen LogP contribution in [0.1, 0.15) is 6.92 Å². The van der Waals surface area contributed by atoms with Crippen LogP contribution >= 0.6 is 0 Å². The number of nitrogens with one attached hydrogen (secondary N) is 1. The van der Waals surface area contributed by atoms with E-state index in [1.807, 2.05) is 48.2 Å². The molecule has 3 rings (SSSR count). The summed E-state index contributed by atoms with van der Waals surface area (Å²) >= 11 is 0. The molecule has 1 heterocycles. The van der Waals surface area contributed by atoms with E-state index >= 15 is 0 Å². The predicted octanol–water partition coefficient (Wildman–Crippen LogP) is 3.01. The fraction of sp³-hybridized carbons (Fsp3) is 0.316. The molecule has 0 radical (unpaired) electrons. The monoisotopic (exact) mass is 310 g/mol. The average molecular weight is 310 g/mol. The molecule has 1 fully saturated rings. The zero-order valence-electron chi connectivity index (χ0n) is 13.4. The Labute approximate surface area is 137 Å². The van der Waals surface area contributed by atoms with Crippen molar-refractivity contribution >= 4 is 11.6 Å². The number of ether oxygens (including phenoxy) is 1. The summed E-state index contributed by atoms with van der Waals surface area (Å²) in [6.07, 6.45) is 0.115. The molecule has 4 heteroatoms. The van der Waals surface area contributed by atoms with Gasteiger partial charge in [-0.15, -0.1) is 0 Å². The number of anilines is 1. The fourth-order valence-corrected chi connectivity index (χ4v) is 2.83. The van der Waals surface area contributed by atoms with Gasteiger partial charge in [-0.3, -0.25) is 4.79 Å². The molecule has 0 bridgehead atoms. The van der Waals surface area contributed by atoms with Crippen molar-refractivity contribution in [1.82, 2.24) is 4.90 Å².